The molecule has 2 bridgehead atoms. The number of fused-ring (bicyclic) bond motifs is 3. The van der Waals surface area contributed by atoms with E-state index in [4.69, 9.17) is 4.74 Å². The van der Waals surface area contributed by atoms with Gasteiger partial charge in [0, 0.05) is 32.8 Å². The summed E-state index contributed by atoms with van der Waals surface area (Å²) in [6.45, 7) is 1.26. The summed E-state index contributed by atoms with van der Waals surface area (Å²) in [5.74, 6) is 0.656. The summed E-state index contributed by atoms with van der Waals surface area (Å²) >= 11 is 0. The van der Waals surface area contributed by atoms with Crippen LogP contribution in [0.3, 0.4) is 0 Å². The Balaban J connectivity index is 1.46. The summed E-state index contributed by atoms with van der Waals surface area (Å²) in [6.07, 6.45) is -0.115. The third-order valence-corrected chi connectivity index (χ3v) is 6.40. The van der Waals surface area contributed by atoms with Crippen LogP contribution in [0.5, 0.6) is 0 Å². The third-order valence-electron chi connectivity index (χ3n) is 6.40. The van der Waals surface area contributed by atoms with Gasteiger partial charge >= 0.3 is 6.18 Å². The van der Waals surface area contributed by atoms with E-state index >= 15 is 0 Å². The van der Waals surface area contributed by atoms with Gasteiger partial charge in [0.2, 0.25) is 5.95 Å². The lowest BCUT2D eigenvalue weighted by atomic mass is 9.99. The minimum absolute atomic E-state index is 0.105. The van der Waals surface area contributed by atoms with Gasteiger partial charge in [-0.15, -0.1) is 5.10 Å². The van der Waals surface area contributed by atoms with Crippen LogP contribution in [0.15, 0.2) is 29.2 Å². The van der Waals surface area contributed by atoms with Crippen LogP contribution < -0.4 is 10.5 Å². The molecular weight excluding hydrogens is 411 g/mol. The molecule has 5 heterocycles. The van der Waals surface area contributed by atoms with Crippen LogP contribution in [0.25, 0.3) is 16.7 Å². The van der Waals surface area contributed by atoms with E-state index < -0.39 is 11.7 Å². The van der Waals surface area contributed by atoms with Gasteiger partial charge in [-0.25, -0.2) is 4.68 Å². The van der Waals surface area contributed by atoms with Crippen molar-refractivity contribution in [1.82, 2.24) is 19.3 Å². The van der Waals surface area contributed by atoms with Gasteiger partial charge in [-0.1, -0.05) is 6.07 Å². The van der Waals surface area contributed by atoms with Crippen molar-refractivity contribution in [1.29, 1.82) is 0 Å². The molecule has 10 heteroatoms. The van der Waals surface area contributed by atoms with Gasteiger partial charge in [0.1, 0.15) is 5.39 Å². The van der Waals surface area contributed by atoms with Gasteiger partial charge < -0.3 is 9.64 Å². The minimum Gasteiger partial charge on any atom is -0.371 e. The Morgan fingerprint density at radius 2 is 1.87 bits per heavy atom. The van der Waals surface area contributed by atoms with Gasteiger partial charge in [-0.3, -0.25) is 9.36 Å². The number of nitrogens with zero attached hydrogens (tertiary/aromatic N) is 5. The maximum atomic E-state index is 13.8. The zero-order valence-corrected chi connectivity index (χ0v) is 16.8. The Kier molecular flexibility index (Phi) is 3.84. The molecule has 1 aliphatic carbocycles. The lowest BCUT2D eigenvalue weighted by Crippen LogP contribution is -2.58. The van der Waals surface area contributed by atoms with E-state index in [2.05, 4.69) is 10.1 Å². The average molecular weight is 431 g/mol. The summed E-state index contributed by atoms with van der Waals surface area (Å²) in [4.78, 5) is 19.5. The number of piperidine rings is 1. The number of aromatic nitrogens is 4. The highest BCUT2D eigenvalue weighted by Crippen LogP contribution is 2.43. The number of morpholine rings is 1. The van der Waals surface area contributed by atoms with E-state index in [1.54, 1.807) is 13.1 Å². The summed E-state index contributed by atoms with van der Waals surface area (Å²) in [5.41, 5.74) is -0.372. The van der Waals surface area contributed by atoms with E-state index in [-0.39, 0.29) is 40.4 Å². The molecule has 2 aromatic heterocycles. The molecule has 3 saturated heterocycles. The Hall–Kier alpha value is -2.88. The summed E-state index contributed by atoms with van der Waals surface area (Å²) < 4.78 is 49.6. The molecule has 0 radical (unpaired) electrons. The molecule has 0 spiro atoms. The van der Waals surface area contributed by atoms with Crippen LogP contribution in [-0.2, 0) is 18.0 Å². The van der Waals surface area contributed by atoms with Crippen LogP contribution in [-0.4, -0.2) is 44.6 Å². The summed E-state index contributed by atoms with van der Waals surface area (Å²) in [6, 6.07) is 4.35. The number of anilines is 1. The molecule has 31 heavy (non-hydrogen) atoms. The SMILES string of the molecule is Cn1c(N2CC3CC(C2)O3)nc2nn(-c3ccc(C4CC4)cc3C(F)(F)F)cc2c1=O. The van der Waals surface area contributed by atoms with E-state index in [9.17, 15) is 18.0 Å². The van der Waals surface area contributed by atoms with Crippen molar-refractivity contribution in [3.8, 4) is 5.69 Å². The minimum atomic E-state index is -4.53. The van der Waals surface area contributed by atoms with Crippen molar-refractivity contribution in [2.24, 2.45) is 7.05 Å². The standard InChI is InChI=1S/C21H20F3N5O2/c1-27-19(30)15-10-29(17-5-4-12(11-2-3-11)6-16(17)21(22,23)24)26-18(15)25-20(27)28-8-13-7-14(9-28)31-13/h4-6,10-11,13-14H,2-3,7-9H2,1H3. The number of hydrogen-bond donors (Lipinski definition) is 0. The zero-order valence-electron chi connectivity index (χ0n) is 16.8. The van der Waals surface area contributed by atoms with E-state index in [1.165, 1.54) is 22.9 Å². The van der Waals surface area contributed by atoms with Crippen molar-refractivity contribution in [2.75, 3.05) is 18.0 Å². The van der Waals surface area contributed by atoms with Crippen LogP contribution in [0.2, 0.25) is 0 Å². The lowest BCUT2D eigenvalue weighted by Gasteiger charge is -2.47. The van der Waals surface area contributed by atoms with Crippen molar-refractivity contribution in [3.63, 3.8) is 0 Å². The molecule has 1 saturated carbocycles. The van der Waals surface area contributed by atoms with Gasteiger partial charge in [-0.05, 0) is 36.5 Å². The molecule has 0 N–H and O–H groups in total. The predicted octanol–water partition coefficient (Wildman–Crippen LogP) is 2.99. The van der Waals surface area contributed by atoms with Crippen LogP contribution in [0.4, 0.5) is 19.1 Å². The second kappa shape index (κ2) is 6.32. The normalized spacial score (nSPS) is 23.3. The zero-order chi connectivity index (χ0) is 21.5. The molecule has 0 amide bonds. The van der Waals surface area contributed by atoms with Crippen LogP contribution in [0, 0.1) is 0 Å². The van der Waals surface area contributed by atoms with Gasteiger partial charge in [0.05, 0.1) is 23.5 Å². The van der Waals surface area contributed by atoms with Crippen LogP contribution >= 0.6 is 0 Å². The smallest absolute Gasteiger partial charge is 0.371 e. The van der Waals surface area contributed by atoms with Crippen molar-refractivity contribution in [2.45, 2.75) is 43.6 Å². The Morgan fingerprint density at radius 3 is 2.52 bits per heavy atom. The topological polar surface area (TPSA) is 65.2 Å². The summed E-state index contributed by atoms with van der Waals surface area (Å²) in [5, 5.41) is 4.45. The maximum Gasteiger partial charge on any atom is 0.418 e. The van der Waals surface area contributed by atoms with E-state index in [0.29, 0.717) is 24.6 Å². The number of hydrogen-bond acceptors (Lipinski definition) is 5. The fourth-order valence-electron chi connectivity index (χ4n) is 4.62. The van der Waals surface area contributed by atoms with Crippen molar-refractivity contribution < 1.29 is 17.9 Å². The first-order chi connectivity index (χ1) is 14.8. The first kappa shape index (κ1) is 18.9. The highest BCUT2D eigenvalue weighted by Gasteiger charge is 2.40. The Bertz CT molecular complexity index is 1240. The Morgan fingerprint density at radius 1 is 1.16 bits per heavy atom. The molecular formula is C21H20F3N5O2. The molecule has 1 aromatic carbocycles. The van der Waals surface area contributed by atoms with Crippen molar-refractivity contribution in [3.05, 3.63) is 45.9 Å². The number of ether oxygens (including phenoxy) is 1. The second-order valence-corrected chi connectivity index (χ2v) is 8.66. The van der Waals surface area contributed by atoms with E-state index in [1.807, 2.05) is 4.90 Å². The number of benzene rings is 1. The number of rotatable bonds is 3. The predicted molar refractivity (Wildman–Crippen MR) is 107 cm³/mol. The van der Waals surface area contributed by atoms with Crippen molar-refractivity contribution >= 4 is 17.0 Å². The quantitative estimate of drug-likeness (QED) is 0.638. The molecule has 3 aromatic rings. The largest absolute Gasteiger partial charge is 0.418 e. The van der Waals surface area contributed by atoms with Gasteiger partial charge in [0.25, 0.3) is 5.56 Å². The third kappa shape index (κ3) is 3.03. The second-order valence-electron chi connectivity index (χ2n) is 8.66. The fourth-order valence-corrected chi connectivity index (χ4v) is 4.62. The molecule has 3 aliphatic heterocycles. The molecule has 162 valence electrons. The highest BCUT2D eigenvalue weighted by molar-refractivity contribution is 5.75. The Labute approximate surface area is 175 Å². The number of halogens is 3. The average Bonchev–Trinajstić information content (AvgIpc) is 3.48. The van der Waals surface area contributed by atoms with Gasteiger partial charge in [-0.2, -0.15) is 18.2 Å². The maximum absolute atomic E-state index is 13.8. The number of alkyl halides is 3. The molecule has 4 aliphatic rings. The lowest BCUT2D eigenvalue weighted by molar-refractivity contribution is -0.137. The summed E-state index contributed by atoms with van der Waals surface area (Å²) in [7, 11) is 1.62. The fraction of sp³-hybridized carbons (Fsp3) is 0.476. The first-order valence-electron chi connectivity index (χ1n) is 10.4. The molecule has 2 atom stereocenters. The molecule has 7 nitrogen and oxygen atoms in total. The van der Waals surface area contributed by atoms with E-state index in [0.717, 1.165) is 23.9 Å². The van der Waals surface area contributed by atoms with Gasteiger partial charge in [0.15, 0.2) is 5.65 Å². The van der Waals surface area contributed by atoms with Crippen LogP contribution in [0.1, 0.15) is 36.3 Å². The highest BCUT2D eigenvalue weighted by atomic mass is 19.4. The molecule has 2 unspecified atom stereocenters. The first-order valence-corrected chi connectivity index (χ1v) is 10.4. The monoisotopic (exact) mass is 431 g/mol. The molecule has 4 fully saturated rings. The molecule has 7 rings (SSSR count).